The normalized spacial score (nSPS) is 41.1. The Morgan fingerprint density at radius 2 is 2.11 bits per heavy atom. The van der Waals surface area contributed by atoms with Crippen LogP contribution in [0.3, 0.4) is 0 Å². The van der Waals surface area contributed by atoms with Crippen LogP contribution in [0.25, 0.3) is 0 Å². The highest BCUT2D eigenvalue weighted by atomic mass is 31.0. The van der Waals surface area contributed by atoms with E-state index in [4.69, 9.17) is 4.74 Å². The van der Waals surface area contributed by atoms with Crippen molar-refractivity contribution in [1.29, 1.82) is 0 Å². The first-order valence-electron chi connectivity index (χ1n) is 5.80. The molecule has 0 aromatic rings. The minimum Gasteiger partial charge on any atom is -0.469 e. The van der Waals surface area contributed by atoms with Crippen molar-refractivity contribution >= 4 is 21.2 Å². The molecule has 0 aliphatic heterocycles. The molecule has 0 aromatic carbocycles. The third kappa shape index (κ3) is 1.66. The minimum absolute atomic E-state index is 0.129. The topological polar surface area (TPSA) is 64.6 Å². The lowest BCUT2D eigenvalue weighted by Gasteiger charge is -2.32. The zero-order valence-corrected chi connectivity index (χ0v) is 11.5. The molecule has 2 saturated carbocycles. The van der Waals surface area contributed by atoms with Crippen LogP contribution in [0, 0.1) is 17.8 Å². The molecule has 2 aliphatic rings. The van der Waals surface area contributed by atoms with Crippen LogP contribution in [-0.4, -0.2) is 44.2 Å². The van der Waals surface area contributed by atoms with Crippen molar-refractivity contribution in [2.24, 2.45) is 17.8 Å². The first-order chi connectivity index (χ1) is 8.54. The van der Waals surface area contributed by atoms with Crippen molar-refractivity contribution in [2.75, 3.05) is 20.5 Å². The standard InChI is InChI=1S/C11H17FNO4P/c1-16-9(14)7-5-3-6(12)11(8(5)7,13-4-18)10(15)17-2/h5-8,13H,3-4,18H2,1-2H3/t5-,6-,7-,8-,11-/m0/s1. The van der Waals surface area contributed by atoms with Gasteiger partial charge < -0.3 is 9.47 Å². The maximum atomic E-state index is 14.2. The Bertz CT molecular complexity index is 380. The SMILES string of the molecule is COC(=O)[C@H]1[C@@H]2C[C@H](F)[C@@](NCP)(C(=O)OC)[C@@H]21. The number of alkyl halides is 1. The molecule has 0 heterocycles. The van der Waals surface area contributed by atoms with Crippen molar-refractivity contribution < 1.29 is 23.5 Å². The van der Waals surface area contributed by atoms with Gasteiger partial charge in [-0.2, -0.15) is 0 Å². The molecular formula is C11H17FNO4P. The predicted molar refractivity (Wildman–Crippen MR) is 64.5 cm³/mol. The molecule has 2 aliphatic carbocycles. The average Bonchev–Trinajstić information content (AvgIpc) is 3.00. The lowest BCUT2D eigenvalue weighted by atomic mass is 9.89. The zero-order chi connectivity index (χ0) is 13.5. The van der Waals surface area contributed by atoms with Crippen molar-refractivity contribution in [3.63, 3.8) is 0 Å². The molecule has 0 amide bonds. The van der Waals surface area contributed by atoms with E-state index >= 15 is 0 Å². The summed E-state index contributed by atoms with van der Waals surface area (Å²) in [5.74, 6) is -1.92. The Labute approximate surface area is 107 Å². The zero-order valence-electron chi connectivity index (χ0n) is 10.3. The van der Waals surface area contributed by atoms with E-state index in [0.29, 0.717) is 6.29 Å². The van der Waals surface area contributed by atoms with Crippen molar-refractivity contribution in [2.45, 2.75) is 18.1 Å². The van der Waals surface area contributed by atoms with Gasteiger partial charge in [0.05, 0.1) is 20.1 Å². The summed E-state index contributed by atoms with van der Waals surface area (Å²) < 4.78 is 23.6. The third-order valence-corrected chi connectivity index (χ3v) is 4.26. The Kier molecular flexibility index (Phi) is 3.60. The lowest BCUT2D eigenvalue weighted by Crippen LogP contribution is -2.59. The van der Waals surface area contributed by atoms with Crippen LogP contribution in [0.5, 0.6) is 0 Å². The first kappa shape index (κ1) is 13.7. The van der Waals surface area contributed by atoms with Gasteiger partial charge in [0.25, 0.3) is 0 Å². The Balaban J connectivity index is 2.28. The molecule has 0 aromatic heterocycles. The highest BCUT2D eigenvalue weighted by Gasteiger charge is 2.76. The molecule has 0 spiro atoms. The smallest absolute Gasteiger partial charge is 0.329 e. The van der Waals surface area contributed by atoms with Crippen molar-refractivity contribution in [3.05, 3.63) is 0 Å². The van der Waals surface area contributed by atoms with E-state index in [0.717, 1.165) is 0 Å². The lowest BCUT2D eigenvalue weighted by molar-refractivity contribution is -0.153. The molecule has 7 heteroatoms. The fraction of sp³-hybridized carbons (Fsp3) is 0.818. The second-order valence-corrected chi connectivity index (χ2v) is 5.09. The third-order valence-electron chi connectivity index (χ3n) is 4.06. The van der Waals surface area contributed by atoms with Crippen LogP contribution in [0.1, 0.15) is 6.42 Å². The van der Waals surface area contributed by atoms with Gasteiger partial charge in [0.15, 0.2) is 5.54 Å². The summed E-state index contributed by atoms with van der Waals surface area (Å²) in [4.78, 5) is 23.5. The number of esters is 2. The van der Waals surface area contributed by atoms with Crippen molar-refractivity contribution in [3.8, 4) is 0 Å². The molecule has 1 unspecified atom stereocenters. The van der Waals surface area contributed by atoms with Gasteiger partial charge in [-0.3, -0.25) is 10.1 Å². The summed E-state index contributed by atoms with van der Waals surface area (Å²) in [6.07, 6.45) is -0.787. The summed E-state index contributed by atoms with van der Waals surface area (Å²) >= 11 is 0. The summed E-state index contributed by atoms with van der Waals surface area (Å²) in [6, 6.07) is 0. The average molecular weight is 277 g/mol. The molecule has 0 bridgehead atoms. The fourth-order valence-electron chi connectivity index (χ4n) is 3.28. The van der Waals surface area contributed by atoms with Gasteiger partial charge in [0, 0.05) is 12.2 Å². The van der Waals surface area contributed by atoms with E-state index < -0.39 is 23.6 Å². The first-order valence-corrected chi connectivity index (χ1v) is 6.61. The molecule has 2 rings (SSSR count). The Morgan fingerprint density at radius 1 is 1.44 bits per heavy atom. The molecule has 1 N–H and O–H groups in total. The van der Waals surface area contributed by atoms with Gasteiger partial charge in [-0.15, -0.1) is 9.24 Å². The minimum atomic E-state index is -1.40. The van der Waals surface area contributed by atoms with Crippen LogP contribution in [0.2, 0.25) is 0 Å². The van der Waals surface area contributed by atoms with E-state index in [2.05, 4.69) is 19.3 Å². The molecule has 2 fully saturated rings. The number of fused-ring (bicyclic) bond motifs is 1. The number of ether oxygens (including phenoxy) is 2. The maximum absolute atomic E-state index is 14.2. The van der Waals surface area contributed by atoms with Crippen LogP contribution in [0.4, 0.5) is 4.39 Å². The van der Waals surface area contributed by atoms with Gasteiger partial charge in [0.2, 0.25) is 0 Å². The Morgan fingerprint density at radius 3 is 2.61 bits per heavy atom. The summed E-state index contributed by atoms with van der Waals surface area (Å²) in [6.45, 7) is 0. The Hall–Kier alpha value is -0.740. The van der Waals surface area contributed by atoms with E-state index in [9.17, 15) is 14.0 Å². The van der Waals surface area contributed by atoms with Gasteiger partial charge in [-0.25, -0.2) is 9.18 Å². The molecule has 6 atom stereocenters. The fourth-order valence-corrected chi connectivity index (χ4v) is 3.62. The molecule has 5 nitrogen and oxygen atoms in total. The highest BCUT2D eigenvalue weighted by molar-refractivity contribution is 7.16. The largest absolute Gasteiger partial charge is 0.469 e. The van der Waals surface area contributed by atoms with E-state index in [1.165, 1.54) is 14.2 Å². The van der Waals surface area contributed by atoms with Crippen LogP contribution >= 0.6 is 9.24 Å². The van der Waals surface area contributed by atoms with Crippen LogP contribution < -0.4 is 5.32 Å². The second-order valence-electron chi connectivity index (χ2n) is 4.68. The summed E-state index contributed by atoms with van der Waals surface area (Å²) in [5.41, 5.74) is -1.40. The summed E-state index contributed by atoms with van der Waals surface area (Å²) in [7, 11) is 4.91. The molecule has 0 radical (unpaired) electrons. The molecule has 0 saturated heterocycles. The molecule has 102 valence electrons. The van der Waals surface area contributed by atoms with E-state index in [1.807, 2.05) is 0 Å². The number of nitrogens with one attached hydrogen (secondary N) is 1. The van der Waals surface area contributed by atoms with Gasteiger partial charge in [-0.05, 0) is 12.3 Å². The van der Waals surface area contributed by atoms with Crippen molar-refractivity contribution in [1.82, 2.24) is 5.32 Å². The van der Waals surface area contributed by atoms with Gasteiger partial charge in [-0.1, -0.05) is 0 Å². The molecule has 18 heavy (non-hydrogen) atoms. The van der Waals surface area contributed by atoms with Gasteiger partial charge >= 0.3 is 11.9 Å². The van der Waals surface area contributed by atoms with Crippen LogP contribution in [-0.2, 0) is 19.1 Å². The highest BCUT2D eigenvalue weighted by Crippen LogP contribution is 2.63. The summed E-state index contributed by atoms with van der Waals surface area (Å²) in [5, 5.41) is 2.86. The second kappa shape index (κ2) is 4.74. The van der Waals surface area contributed by atoms with Gasteiger partial charge in [0.1, 0.15) is 6.17 Å². The monoisotopic (exact) mass is 277 g/mol. The van der Waals surface area contributed by atoms with Crippen LogP contribution in [0.15, 0.2) is 0 Å². The number of carbonyl (C=O) groups is 2. The number of hydrogen-bond donors (Lipinski definition) is 1. The predicted octanol–water partition coefficient (Wildman–Crippen LogP) is 0.0974. The number of carbonyl (C=O) groups excluding carboxylic acids is 2. The quantitative estimate of drug-likeness (QED) is 0.583. The number of halogens is 1. The van der Waals surface area contributed by atoms with E-state index in [-0.39, 0.29) is 24.2 Å². The number of methoxy groups -OCH3 is 2. The molecular weight excluding hydrogens is 260 g/mol. The van der Waals surface area contributed by atoms with E-state index in [1.54, 1.807) is 0 Å². The number of rotatable bonds is 4. The number of hydrogen-bond acceptors (Lipinski definition) is 5. The maximum Gasteiger partial charge on any atom is 0.329 e.